The second-order valence-corrected chi connectivity index (χ2v) is 5.41. The van der Waals surface area contributed by atoms with Gasteiger partial charge in [-0.15, -0.1) is 0 Å². The highest BCUT2D eigenvalue weighted by Crippen LogP contribution is 2.25. The lowest BCUT2D eigenvalue weighted by Crippen LogP contribution is -2.31. The van der Waals surface area contributed by atoms with Crippen LogP contribution < -0.4 is 11.2 Å². The topological polar surface area (TPSA) is 108 Å². The van der Waals surface area contributed by atoms with E-state index >= 15 is 0 Å². The Morgan fingerprint density at radius 1 is 1.04 bits per heavy atom. The van der Waals surface area contributed by atoms with Gasteiger partial charge in [-0.1, -0.05) is 29.8 Å². The molecule has 0 aliphatic carbocycles. The smallest absolute Gasteiger partial charge is 0.335 e. The predicted octanol–water partition coefficient (Wildman–Crippen LogP) is 2.00. The Labute approximate surface area is 142 Å². The third kappa shape index (κ3) is 3.20. The fourth-order valence-electron chi connectivity index (χ4n) is 2.30. The molecule has 0 bridgehead atoms. The van der Waals surface area contributed by atoms with E-state index in [2.05, 4.69) is 9.98 Å². The van der Waals surface area contributed by atoms with Gasteiger partial charge in [-0.2, -0.15) is 0 Å². The van der Waals surface area contributed by atoms with Crippen molar-refractivity contribution in [2.24, 2.45) is 4.99 Å². The fourth-order valence-corrected chi connectivity index (χ4v) is 2.30. The maximum Gasteiger partial charge on any atom is 0.335 e. The molecule has 2 aromatic carbocycles. The summed E-state index contributed by atoms with van der Waals surface area (Å²) >= 11 is 0. The molecule has 0 saturated heterocycles. The molecule has 3 rings (SSSR count). The van der Waals surface area contributed by atoms with Gasteiger partial charge in [0.05, 0.1) is 5.69 Å². The van der Waals surface area contributed by atoms with Crippen LogP contribution in [0, 0.1) is 6.92 Å². The first kappa shape index (κ1) is 16.3. The summed E-state index contributed by atoms with van der Waals surface area (Å²) in [6.07, 6.45) is 1.10. The van der Waals surface area contributed by atoms with E-state index in [-0.39, 0.29) is 17.0 Å². The largest absolute Gasteiger partial charge is 0.506 e. The van der Waals surface area contributed by atoms with Gasteiger partial charge in [-0.05, 0) is 31.2 Å². The number of nitrogens with zero attached hydrogens (tertiary/aromatic N) is 2. The number of aromatic nitrogens is 2. The highest BCUT2D eigenvalue weighted by Gasteiger charge is 2.14. The Kier molecular flexibility index (Phi) is 4.21. The van der Waals surface area contributed by atoms with Crippen LogP contribution in [-0.2, 0) is 0 Å². The molecule has 0 saturated carbocycles. The summed E-state index contributed by atoms with van der Waals surface area (Å²) in [5.41, 5.74) is -0.0995. The number of nitrogens with one attached hydrogen (secondary N) is 1. The zero-order chi connectivity index (χ0) is 18.0. The number of para-hydroxylation sites is 2. The standard InChI is InChI=1S/C18H15N3O4/c1-11-6-8-12(9-7-11)21-17(24)13(16(23)20-18(21)25)10-19-14-4-2-3-5-15(14)22/h2-10,22,24H,1H3,(H,20,23,25). The Morgan fingerprint density at radius 2 is 1.72 bits per heavy atom. The molecular weight excluding hydrogens is 322 g/mol. The highest BCUT2D eigenvalue weighted by atomic mass is 16.3. The van der Waals surface area contributed by atoms with Gasteiger partial charge in [0, 0.05) is 6.21 Å². The molecule has 0 aliphatic rings. The average molecular weight is 337 g/mol. The number of phenols is 1. The zero-order valence-electron chi connectivity index (χ0n) is 13.3. The summed E-state index contributed by atoms with van der Waals surface area (Å²) in [5, 5.41) is 20.1. The number of aromatic amines is 1. The number of aliphatic imine (C=N–C) groups is 1. The molecule has 7 nitrogen and oxygen atoms in total. The van der Waals surface area contributed by atoms with E-state index in [1.54, 1.807) is 42.5 Å². The summed E-state index contributed by atoms with van der Waals surface area (Å²) in [4.78, 5) is 30.3. The zero-order valence-corrected chi connectivity index (χ0v) is 13.3. The molecule has 0 fully saturated rings. The van der Waals surface area contributed by atoms with Crippen molar-refractivity contribution >= 4 is 11.9 Å². The van der Waals surface area contributed by atoms with Crippen molar-refractivity contribution in [2.45, 2.75) is 6.92 Å². The van der Waals surface area contributed by atoms with Crippen LogP contribution in [0.2, 0.25) is 0 Å². The first-order valence-corrected chi connectivity index (χ1v) is 7.45. The van der Waals surface area contributed by atoms with Crippen molar-refractivity contribution in [3.63, 3.8) is 0 Å². The van der Waals surface area contributed by atoms with Crippen LogP contribution >= 0.6 is 0 Å². The van der Waals surface area contributed by atoms with Crippen LogP contribution in [0.4, 0.5) is 5.69 Å². The first-order chi connectivity index (χ1) is 12.0. The number of benzene rings is 2. The minimum Gasteiger partial charge on any atom is -0.506 e. The van der Waals surface area contributed by atoms with E-state index in [1.165, 1.54) is 6.07 Å². The van der Waals surface area contributed by atoms with E-state index in [9.17, 15) is 19.8 Å². The minimum atomic E-state index is -0.773. The van der Waals surface area contributed by atoms with Crippen LogP contribution in [0.15, 0.2) is 63.1 Å². The molecule has 0 aliphatic heterocycles. The summed E-state index contributed by atoms with van der Waals surface area (Å²) in [5.74, 6) is -0.599. The average Bonchev–Trinajstić information content (AvgIpc) is 2.57. The monoisotopic (exact) mass is 337 g/mol. The summed E-state index contributed by atoms with van der Waals surface area (Å²) in [7, 11) is 0. The normalized spacial score (nSPS) is 11.1. The Morgan fingerprint density at radius 3 is 2.40 bits per heavy atom. The van der Waals surface area contributed by atoms with E-state index in [4.69, 9.17) is 0 Å². The second kappa shape index (κ2) is 6.48. The lowest BCUT2D eigenvalue weighted by molar-refractivity contribution is 0.430. The van der Waals surface area contributed by atoms with Gasteiger partial charge >= 0.3 is 5.69 Å². The fraction of sp³-hybridized carbons (Fsp3) is 0.0556. The van der Waals surface area contributed by atoms with Crippen molar-refractivity contribution in [2.75, 3.05) is 0 Å². The van der Waals surface area contributed by atoms with Gasteiger partial charge < -0.3 is 10.2 Å². The lowest BCUT2D eigenvalue weighted by atomic mass is 10.2. The molecule has 3 aromatic rings. The van der Waals surface area contributed by atoms with Crippen LogP contribution in [0.1, 0.15) is 11.1 Å². The van der Waals surface area contributed by atoms with Crippen molar-refractivity contribution in [1.82, 2.24) is 9.55 Å². The van der Waals surface area contributed by atoms with Crippen molar-refractivity contribution in [3.8, 4) is 17.3 Å². The second-order valence-electron chi connectivity index (χ2n) is 5.41. The summed E-state index contributed by atoms with van der Waals surface area (Å²) < 4.78 is 0.979. The van der Waals surface area contributed by atoms with Crippen molar-refractivity contribution in [1.29, 1.82) is 0 Å². The van der Waals surface area contributed by atoms with E-state index in [0.717, 1.165) is 16.3 Å². The Bertz CT molecular complexity index is 1060. The number of hydrogen-bond donors (Lipinski definition) is 3. The molecule has 1 heterocycles. The molecular formula is C18H15N3O4. The molecule has 1 aromatic heterocycles. The molecule has 0 unspecified atom stereocenters. The number of rotatable bonds is 3. The van der Waals surface area contributed by atoms with Gasteiger partial charge in [0.1, 0.15) is 17.0 Å². The molecule has 0 radical (unpaired) electrons. The van der Waals surface area contributed by atoms with Crippen LogP contribution in [-0.4, -0.2) is 26.0 Å². The van der Waals surface area contributed by atoms with Crippen molar-refractivity contribution < 1.29 is 10.2 Å². The number of aryl methyl sites for hydroxylation is 1. The summed E-state index contributed by atoms with van der Waals surface area (Å²) in [6.45, 7) is 1.89. The first-order valence-electron chi connectivity index (χ1n) is 7.45. The maximum absolute atomic E-state index is 12.1. The number of phenolic OH excluding ortho intramolecular Hbond substituents is 1. The quantitative estimate of drug-likeness (QED) is 0.635. The molecule has 25 heavy (non-hydrogen) atoms. The maximum atomic E-state index is 12.1. The van der Waals surface area contributed by atoms with Crippen LogP contribution in [0.5, 0.6) is 11.6 Å². The molecule has 3 N–H and O–H groups in total. The van der Waals surface area contributed by atoms with E-state index in [1.807, 2.05) is 6.92 Å². The van der Waals surface area contributed by atoms with Gasteiger partial charge in [0.2, 0.25) is 5.88 Å². The molecule has 0 atom stereocenters. The van der Waals surface area contributed by atoms with Crippen LogP contribution in [0.3, 0.4) is 0 Å². The lowest BCUT2D eigenvalue weighted by Gasteiger charge is -2.09. The van der Waals surface area contributed by atoms with Gasteiger partial charge in [-0.3, -0.25) is 14.8 Å². The molecule has 0 amide bonds. The van der Waals surface area contributed by atoms with Gasteiger partial charge in [0.15, 0.2) is 0 Å². The Hall–Kier alpha value is -3.61. The number of aromatic hydroxyl groups is 2. The molecule has 0 spiro atoms. The summed E-state index contributed by atoms with van der Waals surface area (Å²) in [6, 6.07) is 13.2. The van der Waals surface area contributed by atoms with Gasteiger partial charge in [-0.25, -0.2) is 9.36 Å². The third-order valence-electron chi connectivity index (χ3n) is 3.63. The molecule has 7 heteroatoms. The third-order valence-corrected chi connectivity index (χ3v) is 3.63. The number of hydrogen-bond acceptors (Lipinski definition) is 5. The van der Waals surface area contributed by atoms with Gasteiger partial charge in [0.25, 0.3) is 5.56 Å². The van der Waals surface area contributed by atoms with E-state index < -0.39 is 17.1 Å². The minimum absolute atomic E-state index is 0.0680. The van der Waals surface area contributed by atoms with Crippen LogP contribution in [0.25, 0.3) is 5.69 Å². The Balaban J connectivity index is 2.14. The highest BCUT2D eigenvalue weighted by molar-refractivity contribution is 5.84. The van der Waals surface area contributed by atoms with E-state index in [0.29, 0.717) is 5.69 Å². The number of H-pyrrole nitrogens is 1. The van der Waals surface area contributed by atoms with Crippen molar-refractivity contribution in [3.05, 3.63) is 80.5 Å². The predicted molar refractivity (Wildman–Crippen MR) is 94.4 cm³/mol. The SMILES string of the molecule is Cc1ccc(-n2c(O)c(C=Nc3ccccc3O)c(=O)[nH]c2=O)cc1. The molecule has 126 valence electrons.